The van der Waals surface area contributed by atoms with E-state index >= 15 is 0 Å². The van der Waals surface area contributed by atoms with Gasteiger partial charge in [-0.1, -0.05) is 0 Å². The third-order valence-electron chi connectivity index (χ3n) is 2.55. The summed E-state index contributed by atoms with van der Waals surface area (Å²) in [4.78, 5) is 8.45. The Kier molecular flexibility index (Phi) is 3.17. The molecular weight excluding hydrogens is 357 g/mol. The van der Waals surface area contributed by atoms with Crippen LogP contribution in [0, 0.1) is 3.57 Å². The monoisotopic (exact) mass is 367 g/mol. The van der Waals surface area contributed by atoms with Gasteiger partial charge >= 0.3 is 0 Å². The van der Waals surface area contributed by atoms with Gasteiger partial charge in [0.15, 0.2) is 5.65 Å². The smallest absolute Gasteiger partial charge is 0.241 e. The molecule has 0 aliphatic rings. The number of fused-ring (bicyclic) bond motifs is 1. The average Bonchev–Trinajstić information content (AvgIpc) is 2.89. The number of nitrogen functional groups attached to an aromatic ring is 1. The highest BCUT2D eigenvalue weighted by Gasteiger charge is 2.09. The minimum Gasteiger partial charge on any atom is -0.339 e. The predicted octanol–water partition coefficient (Wildman–Crippen LogP) is 1.99. The van der Waals surface area contributed by atoms with E-state index in [1.54, 1.807) is 6.20 Å². The first-order valence-corrected chi connectivity index (χ1v) is 6.54. The number of hydrazine groups is 1. The summed E-state index contributed by atoms with van der Waals surface area (Å²) in [6, 6.07) is 7.98. The Morgan fingerprint density at radius 3 is 2.68 bits per heavy atom. The van der Waals surface area contributed by atoms with E-state index in [4.69, 9.17) is 5.84 Å². The zero-order valence-electron chi connectivity index (χ0n) is 9.68. The van der Waals surface area contributed by atoms with E-state index < -0.39 is 0 Å². The fourth-order valence-corrected chi connectivity index (χ4v) is 2.02. The van der Waals surface area contributed by atoms with Crippen molar-refractivity contribution in [2.45, 2.75) is 0 Å². The Bertz CT molecular complexity index is 707. The van der Waals surface area contributed by atoms with Crippen molar-refractivity contribution < 1.29 is 0 Å². The molecule has 0 amide bonds. The standard InChI is InChI=1S/C11H10IN7/c12-6-1-3-7(4-2-6)15-9-8-5-14-19-10(8)17-11(16-9)18-13/h1-5H,13H2,(H3,14,15,16,17,18,19). The van der Waals surface area contributed by atoms with Gasteiger partial charge in [0.05, 0.1) is 11.6 Å². The Balaban J connectivity index is 2.03. The van der Waals surface area contributed by atoms with Crippen LogP contribution in [0.2, 0.25) is 0 Å². The van der Waals surface area contributed by atoms with Crippen LogP contribution < -0.4 is 16.6 Å². The van der Waals surface area contributed by atoms with E-state index in [-0.39, 0.29) is 0 Å². The number of benzene rings is 1. The highest BCUT2D eigenvalue weighted by molar-refractivity contribution is 14.1. The van der Waals surface area contributed by atoms with Crippen molar-refractivity contribution in [3.8, 4) is 0 Å². The van der Waals surface area contributed by atoms with Gasteiger partial charge in [0.25, 0.3) is 0 Å². The van der Waals surface area contributed by atoms with Crippen molar-refractivity contribution in [3.63, 3.8) is 0 Å². The molecule has 0 saturated carbocycles. The summed E-state index contributed by atoms with van der Waals surface area (Å²) in [7, 11) is 0. The molecule has 3 rings (SSSR count). The van der Waals surface area contributed by atoms with Gasteiger partial charge in [0, 0.05) is 9.26 Å². The van der Waals surface area contributed by atoms with E-state index in [2.05, 4.69) is 53.5 Å². The molecule has 2 heterocycles. The van der Waals surface area contributed by atoms with Gasteiger partial charge in [-0.2, -0.15) is 15.1 Å². The summed E-state index contributed by atoms with van der Waals surface area (Å²) in [6.45, 7) is 0. The molecule has 0 saturated heterocycles. The number of nitrogens with zero attached hydrogens (tertiary/aromatic N) is 3. The molecule has 0 aliphatic carbocycles. The number of anilines is 3. The van der Waals surface area contributed by atoms with Crippen LogP contribution in [0.15, 0.2) is 30.5 Å². The lowest BCUT2D eigenvalue weighted by atomic mass is 10.3. The second kappa shape index (κ2) is 4.97. The van der Waals surface area contributed by atoms with Crippen LogP contribution in [0.3, 0.4) is 0 Å². The fraction of sp³-hybridized carbons (Fsp3) is 0. The molecule has 0 aliphatic heterocycles. The Morgan fingerprint density at radius 1 is 1.16 bits per heavy atom. The molecular formula is C11H10IN7. The maximum absolute atomic E-state index is 5.35. The number of nitrogens with one attached hydrogen (secondary N) is 3. The van der Waals surface area contributed by atoms with Crippen molar-refractivity contribution in [1.82, 2.24) is 20.2 Å². The number of halogens is 1. The number of aromatic amines is 1. The maximum Gasteiger partial charge on any atom is 0.241 e. The minimum atomic E-state index is 0.324. The van der Waals surface area contributed by atoms with Crippen molar-refractivity contribution >= 4 is 51.1 Å². The number of H-pyrrole nitrogens is 1. The van der Waals surface area contributed by atoms with Gasteiger partial charge in [-0.3, -0.25) is 10.5 Å². The summed E-state index contributed by atoms with van der Waals surface area (Å²) in [5.74, 6) is 6.32. The van der Waals surface area contributed by atoms with Gasteiger partial charge in [-0.15, -0.1) is 0 Å². The largest absolute Gasteiger partial charge is 0.339 e. The minimum absolute atomic E-state index is 0.324. The molecule has 5 N–H and O–H groups in total. The third-order valence-corrected chi connectivity index (χ3v) is 3.26. The molecule has 2 aromatic heterocycles. The van der Waals surface area contributed by atoms with Crippen LogP contribution >= 0.6 is 22.6 Å². The lowest BCUT2D eigenvalue weighted by Gasteiger charge is -2.08. The lowest BCUT2D eigenvalue weighted by Crippen LogP contribution is -2.11. The van der Waals surface area contributed by atoms with Gasteiger partial charge in [-0.05, 0) is 46.9 Å². The van der Waals surface area contributed by atoms with Crippen LogP contribution in [0.1, 0.15) is 0 Å². The van der Waals surface area contributed by atoms with Crippen molar-refractivity contribution in [1.29, 1.82) is 0 Å². The molecule has 19 heavy (non-hydrogen) atoms. The summed E-state index contributed by atoms with van der Waals surface area (Å²) in [5.41, 5.74) is 3.99. The molecule has 0 spiro atoms. The second-order valence-corrected chi connectivity index (χ2v) is 5.05. The van der Waals surface area contributed by atoms with Crippen LogP contribution in [-0.2, 0) is 0 Å². The van der Waals surface area contributed by atoms with Crippen LogP contribution in [-0.4, -0.2) is 20.2 Å². The van der Waals surface area contributed by atoms with Crippen LogP contribution in [0.25, 0.3) is 11.0 Å². The summed E-state index contributed by atoms with van der Waals surface area (Å²) in [5, 5.41) is 10.8. The highest BCUT2D eigenvalue weighted by atomic mass is 127. The Hall–Kier alpha value is -1.94. The van der Waals surface area contributed by atoms with Crippen molar-refractivity contribution in [3.05, 3.63) is 34.0 Å². The first-order valence-electron chi connectivity index (χ1n) is 5.46. The maximum atomic E-state index is 5.35. The van der Waals surface area contributed by atoms with Crippen molar-refractivity contribution in [2.75, 3.05) is 10.7 Å². The van der Waals surface area contributed by atoms with Crippen LogP contribution in [0.5, 0.6) is 0 Å². The lowest BCUT2D eigenvalue weighted by molar-refractivity contribution is 1.08. The second-order valence-electron chi connectivity index (χ2n) is 3.80. The van der Waals surface area contributed by atoms with Crippen LogP contribution in [0.4, 0.5) is 17.5 Å². The molecule has 7 nitrogen and oxygen atoms in total. The summed E-state index contributed by atoms with van der Waals surface area (Å²) in [6.07, 6.45) is 1.67. The third kappa shape index (κ3) is 2.44. The number of aromatic nitrogens is 4. The van der Waals surface area contributed by atoms with Crippen molar-refractivity contribution in [2.24, 2.45) is 5.84 Å². The Morgan fingerprint density at radius 2 is 1.95 bits per heavy atom. The number of hydrogen-bond donors (Lipinski definition) is 4. The molecule has 0 unspecified atom stereocenters. The highest BCUT2D eigenvalue weighted by Crippen LogP contribution is 2.23. The quantitative estimate of drug-likeness (QED) is 0.321. The van der Waals surface area contributed by atoms with Gasteiger partial charge in [0.2, 0.25) is 5.95 Å². The summed E-state index contributed by atoms with van der Waals surface area (Å²) >= 11 is 2.26. The average molecular weight is 367 g/mol. The Labute approximate surface area is 122 Å². The molecule has 0 atom stereocenters. The zero-order valence-corrected chi connectivity index (χ0v) is 11.8. The fourth-order valence-electron chi connectivity index (χ4n) is 1.66. The molecule has 1 aromatic carbocycles. The van der Waals surface area contributed by atoms with E-state index in [0.29, 0.717) is 17.4 Å². The molecule has 8 heteroatoms. The molecule has 0 fully saturated rings. The normalized spacial score (nSPS) is 10.6. The van der Waals surface area contributed by atoms with Gasteiger partial charge in [0.1, 0.15) is 5.82 Å². The number of nitrogens with two attached hydrogens (primary N) is 1. The predicted molar refractivity (Wildman–Crippen MR) is 81.9 cm³/mol. The SMILES string of the molecule is NNc1nc(Nc2ccc(I)cc2)c2cn[nH]c2n1. The first-order chi connectivity index (χ1) is 9.26. The van der Waals surface area contributed by atoms with E-state index in [1.807, 2.05) is 24.3 Å². The topological polar surface area (TPSA) is 105 Å². The molecule has 0 bridgehead atoms. The first kappa shape index (κ1) is 12.1. The molecule has 96 valence electrons. The van der Waals surface area contributed by atoms with E-state index in [9.17, 15) is 0 Å². The molecule has 0 radical (unpaired) electrons. The van der Waals surface area contributed by atoms with E-state index in [1.165, 1.54) is 3.57 Å². The number of hydrogen-bond acceptors (Lipinski definition) is 6. The molecule has 3 aromatic rings. The van der Waals surface area contributed by atoms with Gasteiger partial charge in [-0.25, -0.2) is 5.84 Å². The summed E-state index contributed by atoms with van der Waals surface area (Å²) < 4.78 is 1.17. The van der Waals surface area contributed by atoms with Gasteiger partial charge < -0.3 is 5.32 Å². The van der Waals surface area contributed by atoms with E-state index in [0.717, 1.165) is 11.1 Å². The number of rotatable bonds is 3. The zero-order chi connectivity index (χ0) is 13.2.